The van der Waals surface area contributed by atoms with Crippen LogP contribution in [0.15, 0.2) is 54.6 Å². The lowest BCUT2D eigenvalue weighted by atomic mass is 10.0. The second-order valence-corrected chi connectivity index (χ2v) is 7.08. The zero-order valence-corrected chi connectivity index (χ0v) is 16.2. The second kappa shape index (κ2) is 6.81. The minimum Gasteiger partial charge on any atom is -0.486 e. The van der Waals surface area contributed by atoms with Crippen molar-refractivity contribution < 1.29 is 13.9 Å². The van der Waals surface area contributed by atoms with Crippen LogP contribution in [-0.4, -0.2) is 22.6 Å². The van der Waals surface area contributed by atoms with Gasteiger partial charge in [0.25, 0.3) is 0 Å². The van der Waals surface area contributed by atoms with E-state index in [0.29, 0.717) is 36.0 Å². The highest BCUT2D eigenvalue weighted by Gasteiger charge is 2.21. The summed E-state index contributed by atoms with van der Waals surface area (Å²) in [5.41, 5.74) is 4.46. The van der Waals surface area contributed by atoms with Crippen LogP contribution in [0.5, 0.6) is 11.5 Å². The number of aryl methyl sites for hydroxylation is 2. The van der Waals surface area contributed by atoms with Gasteiger partial charge in [-0.3, -0.25) is 4.40 Å². The van der Waals surface area contributed by atoms with E-state index in [1.807, 2.05) is 60.7 Å². The summed E-state index contributed by atoms with van der Waals surface area (Å²) in [4.78, 5) is 4.75. The van der Waals surface area contributed by atoms with E-state index in [4.69, 9.17) is 14.5 Å². The fourth-order valence-corrected chi connectivity index (χ4v) is 3.73. The van der Waals surface area contributed by atoms with E-state index in [0.717, 1.165) is 28.3 Å². The molecule has 146 valence electrons. The molecule has 1 N–H and O–H groups in total. The van der Waals surface area contributed by atoms with Gasteiger partial charge in [-0.2, -0.15) is 0 Å². The van der Waals surface area contributed by atoms with Crippen LogP contribution < -0.4 is 14.8 Å². The molecule has 1 aliphatic heterocycles. The van der Waals surface area contributed by atoms with Gasteiger partial charge in [-0.1, -0.05) is 18.2 Å². The quantitative estimate of drug-likeness (QED) is 0.518. The van der Waals surface area contributed by atoms with Gasteiger partial charge in [0.1, 0.15) is 36.2 Å². The van der Waals surface area contributed by atoms with Gasteiger partial charge >= 0.3 is 0 Å². The molecular formula is C23H20FN3O2. The molecule has 5 nitrogen and oxygen atoms in total. The number of benzene rings is 2. The molecule has 2 aromatic carbocycles. The standard InChI is InChI=1S/C23H20FN3O2/c1-14-5-3-7-17(24)21(14)22-23(27-15(2)6-4-8-20(27)26-22)25-16-9-10-18-19(13-16)29-12-11-28-18/h3-10,13,25H,11-12H2,1-2H3. The van der Waals surface area contributed by atoms with E-state index in [1.165, 1.54) is 6.07 Å². The number of fused-ring (bicyclic) bond motifs is 2. The van der Waals surface area contributed by atoms with E-state index < -0.39 is 0 Å². The van der Waals surface area contributed by atoms with Crippen LogP contribution in [0.25, 0.3) is 16.9 Å². The van der Waals surface area contributed by atoms with E-state index >= 15 is 0 Å². The minimum absolute atomic E-state index is 0.295. The first kappa shape index (κ1) is 17.6. The molecule has 5 rings (SSSR count). The minimum atomic E-state index is -0.295. The maximum absolute atomic E-state index is 14.8. The molecule has 0 saturated heterocycles. The van der Waals surface area contributed by atoms with Gasteiger partial charge in [-0.25, -0.2) is 9.37 Å². The van der Waals surface area contributed by atoms with Crippen LogP contribution in [-0.2, 0) is 0 Å². The molecule has 3 heterocycles. The lowest BCUT2D eigenvalue weighted by Crippen LogP contribution is -2.15. The molecule has 0 saturated carbocycles. The first-order valence-corrected chi connectivity index (χ1v) is 9.52. The van der Waals surface area contributed by atoms with Crippen LogP contribution in [0.1, 0.15) is 11.3 Å². The Morgan fingerprint density at radius 2 is 1.76 bits per heavy atom. The predicted octanol–water partition coefficient (Wildman–Crippen LogP) is 5.27. The third kappa shape index (κ3) is 2.97. The van der Waals surface area contributed by atoms with Crippen molar-refractivity contribution in [3.63, 3.8) is 0 Å². The average Bonchev–Trinajstić information content (AvgIpc) is 3.07. The Labute approximate surface area is 167 Å². The summed E-state index contributed by atoms with van der Waals surface area (Å²) in [6.07, 6.45) is 0. The van der Waals surface area contributed by atoms with Crippen molar-refractivity contribution in [2.45, 2.75) is 13.8 Å². The SMILES string of the molecule is Cc1cccc(F)c1-c1nc2cccc(C)n2c1Nc1ccc2c(c1)OCCO2. The lowest BCUT2D eigenvalue weighted by Gasteiger charge is -2.19. The Kier molecular flexibility index (Phi) is 4.12. The summed E-state index contributed by atoms with van der Waals surface area (Å²) in [6, 6.07) is 16.6. The zero-order chi connectivity index (χ0) is 20.0. The van der Waals surface area contributed by atoms with E-state index in [1.54, 1.807) is 6.07 Å². The maximum Gasteiger partial charge on any atom is 0.163 e. The summed E-state index contributed by atoms with van der Waals surface area (Å²) in [5.74, 6) is 1.83. The number of hydrogen-bond acceptors (Lipinski definition) is 4. The smallest absolute Gasteiger partial charge is 0.163 e. The first-order valence-electron chi connectivity index (χ1n) is 9.52. The Hall–Kier alpha value is -3.54. The number of halogens is 1. The Morgan fingerprint density at radius 3 is 2.59 bits per heavy atom. The highest BCUT2D eigenvalue weighted by molar-refractivity contribution is 5.82. The van der Waals surface area contributed by atoms with Gasteiger partial charge in [0.05, 0.1) is 0 Å². The van der Waals surface area contributed by atoms with Crippen LogP contribution in [0.2, 0.25) is 0 Å². The molecule has 0 fully saturated rings. The second-order valence-electron chi connectivity index (χ2n) is 7.08. The molecule has 0 atom stereocenters. The van der Waals surface area contributed by atoms with Crippen molar-refractivity contribution >= 4 is 17.2 Å². The number of pyridine rings is 1. The van der Waals surface area contributed by atoms with Crippen molar-refractivity contribution in [3.8, 4) is 22.8 Å². The van der Waals surface area contributed by atoms with Crippen LogP contribution >= 0.6 is 0 Å². The van der Waals surface area contributed by atoms with E-state index in [2.05, 4.69) is 5.32 Å². The molecular weight excluding hydrogens is 369 g/mol. The molecule has 1 aliphatic rings. The zero-order valence-electron chi connectivity index (χ0n) is 16.2. The number of ether oxygens (including phenoxy) is 2. The number of anilines is 2. The highest BCUT2D eigenvalue weighted by Crippen LogP contribution is 2.38. The van der Waals surface area contributed by atoms with Crippen LogP contribution in [0, 0.1) is 19.7 Å². The summed E-state index contributed by atoms with van der Waals surface area (Å²) in [6.45, 7) is 4.96. The van der Waals surface area contributed by atoms with Gasteiger partial charge in [-0.05, 0) is 49.7 Å². The molecule has 0 bridgehead atoms. The number of imidazole rings is 1. The number of rotatable bonds is 3. The molecule has 0 amide bonds. The lowest BCUT2D eigenvalue weighted by molar-refractivity contribution is 0.171. The largest absolute Gasteiger partial charge is 0.486 e. The Balaban J connectivity index is 1.70. The topological polar surface area (TPSA) is 47.8 Å². The van der Waals surface area contributed by atoms with Crippen molar-refractivity contribution in [2.24, 2.45) is 0 Å². The molecule has 0 radical (unpaired) electrons. The van der Waals surface area contributed by atoms with Gasteiger partial charge < -0.3 is 14.8 Å². The van der Waals surface area contributed by atoms with Gasteiger partial charge in [0.15, 0.2) is 11.5 Å². The Bertz CT molecular complexity index is 1210. The first-order chi connectivity index (χ1) is 14.1. The maximum atomic E-state index is 14.8. The highest BCUT2D eigenvalue weighted by atomic mass is 19.1. The summed E-state index contributed by atoms with van der Waals surface area (Å²) in [7, 11) is 0. The summed E-state index contributed by atoms with van der Waals surface area (Å²) < 4.78 is 28.1. The molecule has 0 unspecified atom stereocenters. The molecule has 29 heavy (non-hydrogen) atoms. The summed E-state index contributed by atoms with van der Waals surface area (Å²) >= 11 is 0. The van der Waals surface area contributed by atoms with Gasteiger partial charge in [0.2, 0.25) is 0 Å². The molecule has 4 aromatic rings. The van der Waals surface area contributed by atoms with Gasteiger partial charge in [0, 0.05) is 23.0 Å². The number of nitrogens with zero attached hydrogens (tertiary/aromatic N) is 2. The summed E-state index contributed by atoms with van der Waals surface area (Å²) in [5, 5.41) is 3.44. The predicted molar refractivity (Wildman–Crippen MR) is 111 cm³/mol. The number of nitrogens with one attached hydrogen (secondary N) is 1. The van der Waals surface area contributed by atoms with Crippen molar-refractivity contribution in [3.05, 3.63) is 71.7 Å². The van der Waals surface area contributed by atoms with Crippen LogP contribution in [0.4, 0.5) is 15.9 Å². The molecule has 2 aromatic heterocycles. The van der Waals surface area contributed by atoms with Crippen LogP contribution in [0.3, 0.4) is 0 Å². The third-order valence-electron chi connectivity index (χ3n) is 5.10. The number of hydrogen-bond donors (Lipinski definition) is 1. The molecule has 6 heteroatoms. The van der Waals surface area contributed by atoms with E-state index in [-0.39, 0.29) is 5.82 Å². The average molecular weight is 389 g/mol. The van der Waals surface area contributed by atoms with Gasteiger partial charge in [-0.15, -0.1) is 0 Å². The molecule has 0 spiro atoms. The fourth-order valence-electron chi connectivity index (χ4n) is 3.73. The van der Waals surface area contributed by atoms with E-state index in [9.17, 15) is 4.39 Å². The fraction of sp³-hybridized carbons (Fsp3) is 0.174. The van der Waals surface area contributed by atoms with Crippen molar-refractivity contribution in [2.75, 3.05) is 18.5 Å². The Morgan fingerprint density at radius 1 is 0.966 bits per heavy atom. The normalized spacial score (nSPS) is 12.9. The molecule has 0 aliphatic carbocycles. The van der Waals surface area contributed by atoms with Crippen molar-refractivity contribution in [1.82, 2.24) is 9.38 Å². The van der Waals surface area contributed by atoms with Crippen molar-refractivity contribution in [1.29, 1.82) is 0 Å². The number of aromatic nitrogens is 2. The third-order valence-corrected chi connectivity index (χ3v) is 5.10. The monoisotopic (exact) mass is 389 g/mol.